The number of carbonyl (C=O) groups excluding carboxylic acids is 1. The smallest absolute Gasteiger partial charge is 0.316 e. The topological polar surface area (TPSA) is 32.3 Å². The fourth-order valence-corrected chi connectivity index (χ4v) is 1.40. The Kier molecular flexibility index (Phi) is 2.21. The summed E-state index contributed by atoms with van der Waals surface area (Å²) in [5.74, 6) is -2.60. The zero-order chi connectivity index (χ0) is 10.3. The Bertz CT molecular complexity index is 232. The second-order valence-corrected chi connectivity index (χ2v) is 3.85. The van der Waals surface area contributed by atoms with Gasteiger partial charge < -0.3 is 10.2 Å². The molecule has 76 valence electrons. The summed E-state index contributed by atoms with van der Waals surface area (Å²) in [6.45, 7) is 1.59. The van der Waals surface area contributed by atoms with Crippen LogP contribution in [0.5, 0.6) is 0 Å². The molecule has 0 radical (unpaired) electrons. The van der Waals surface area contributed by atoms with Crippen LogP contribution in [-0.2, 0) is 0 Å². The van der Waals surface area contributed by atoms with Gasteiger partial charge in [0.05, 0.1) is 5.41 Å². The largest absolute Gasteiger partial charge is 0.341 e. The molecular weight excluding hydrogens is 178 g/mol. The van der Waals surface area contributed by atoms with Crippen molar-refractivity contribution in [2.24, 2.45) is 5.41 Å². The summed E-state index contributed by atoms with van der Waals surface area (Å²) in [6, 6.07) is -0.330. The van der Waals surface area contributed by atoms with E-state index in [-0.39, 0.29) is 19.0 Å². The van der Waals surface area contributed by atoms with Crippen molar-refractivity contribution in [1.82, 2.24) is 10.2 Å². The average molecular weight is 192 g/mol. The fourth-order valence-electron chi connectivity index (χ4n) is 1.40. The Morgan fingerprint density at radius 3 is 2.38 bits per heavy atom. The highest BCUT2D eigenvalue weighted by atomic mass is 19.3. The number of amides is 2. The van der Waals surface area contributed by atoms with Crippen LogP contribution in [0.4, 0.5) is 13.6 Å². The van der Waals surface area contributed by atoms with E-state index in [4.69, 9.17) is 0 Å². The van der Waals surface area contributed by atoms with E-state index in [0.29, 0.717) is 0 Å². The van der Waals surface area contributed by atoms with E-state index in [1.54, 1.807) is 0 Å². The van der Waals surface area contributed by atoms with Gasteiger partial charge in [-0.2, -0.15) is 0 Å². The number of urea groups is 1. The van der Waals surface area contributed by atoms with Crippen LogP contribution in [0.1, 0.15) is 13.3 Å². The zero-order valence-electron chi connectivity index (χ0n) is 8.03. The van der Waals surface area contributed by atoms with E-state index in [1.165, 1.54) is 25.9 Å². The van der Waals surface area contributed by atoms with Gasteiger partial charge in [-0.05, 0) is 0 Å². The van der Waals surface area contributed by atoms with Crippen molar-refractivity contribution in [3.8, 4) is 0 Å². The maximum Gasteiger partial charge on any atom is 0.316 e. The van der Waals surface area contributed by atoms with Gasteiger partial charge in [0.25, 0.3) is 5.92 Å². The number of hydrogen-bond acceptors (Lipinski definition) is 1. The Balaban J connectivity index is 2.47. The fraction of sp³-hybridized carbons (Fsp3) is 0.875. The van der Waals surface area contributed by atoms with E-state index in [0.717, 1.165) is 0 Å². The average Bonchev–Trinajstić information content (AvgIpc) is 2.48. The molecule has 3 nitrogen and oxygen atoms in total. The summed E-state index contributed by atoms with van der Waals surface area (Å²) in [5, 5.41) is 2.38. The molecule has 1 rings (SSSR count). The van der Waals surface area contributed by atoms with E-state index < -0.39 is 11.3 Å². The lowest BCUT2D eigenvalue weighted by Crippen LogP contribution is -2.39. The van der Waals surface area contributed by atoms with E-state index >= 15 is 0 Å². The Hall–Kier alpha value is -0.870. The molecular formula is C8H14F2N2O. The molecule has 0 bridgehead atoms. The standard InChI is InChI=1S/C8H14F2N2O/c1-7(4-8(7,9)10)5-12(3)6(13)11-2/h4-5H2,1-3H3,(H,11,13). The minimum Gasteiger partial charge on any atom is -0.341 e. The molecule has 0 aromatic carbocycles. The van der Waals surface area contributed by atoms with Crippen molar-refractivity contribution >= 4 is 6.03 Å². The lowest BCUT2D eigenvalue weighted by molar-refractivity contribution is 0.0608. The molecule has 5 heteroatoms. The number of carbonyl (C=O) groups is 1. The van der Waals surface area contributed by atoms with Crippen molar-refractivity contribution in [2.45, 2.75) is 19.3 Å². The number of hydrogen-bond donors (Lipinski definition) is 1. The minimum atomic E-state index is -2.60. The van der Waals surface area contributed by atoms with Crippen LogP contribution >= 0.6 is 0 Å². The van der Waals surface area contributed by atoms with Gasteiger partial charge in [0.2, 0.25) is 0 Å². The monoisotopic (exact) mass is 192 g/mol. The molecule has 0 aromatic heterocycles. The summed E-state index contributed by atoms with van der Waals surface area (Å²) in [7, 11) is 2.99. The predicted octanol–water partition coefficient (Wildman–Crippen LogP) is 1.30. The van der Waals surface area contributed by atoms with Crippen molar-refractivity contribution in [3.05, 3.63) is 0 Å². The first-order valence-electron chi connectivity index (χ1n) is 4.13. The van der Waals surface area contributed by atoms with E-state index in [2.05, 4.69) is 5.32 Å². The first-order valence-corrected chi connectivity index (χ1v) is 4.13. The van der Waals surface area contributed by atoms with Crippen molar-refractivity contribution < 1.29 is 13.6 Å². The highest BCUT2D eigenvalue weighted by Gasteiger charge is 2.68. The van der Waals surface area contributed by atoms with Gasteiger partial charge in [-0.25, -0.2) is 13.6 Å². The maximum atomic E-state index is 12.7. The molecule has 1 N–H and O–H groups in total. The number of nitrogens with one attached hydrogen (secondary N) is 1. The Morgan fingerprint density at radius 1 is 1.62 bits per heavy atom. The van der Waals surface area contributed by atoms with Crippen LogP contribution in [-0.4, -0.2) is 37.5 Å². The highest BCUT2D eigenvalue weighted by molar-refractivity contribution is 5.73. The maximum absolute atomic E-state index is 12.7. The lowest BCUT2D eigenvalue weighted by Gasteiger charge is -2.20. The first-order chi connectivity index (χ1) is 5.82. The van der Waals surface area contributed by atoms with Gasteiger partial charge in [0.1, 0.15) is 0 Å². The van der Waals surface area contributed by atoms with Gasteiger partial charge in [0.15, 0.2) is 0 Å². The molecule has 0 heterocycles. The number of alkyl halides is 2. The van der Waals surface area contributed by atoms with Gasteiger partial charge in [-0.15, -0.1) is 0 Å². The minimum absolute atomic E-state index is 0.0969. The molecule has 1 aliphatic carbocycles. The summed E-state index contributed by atoms with van der Waals surface area (Å²) in [4.78, 5) is 12.3. The molecule has 0 aromatic rings. The van der Waals surface area contributed by atoms with Crippen LogP contribution in [0.3, 0.4) is 0 Å². The second kappa shape index (κ2) is 2.82. The van der Waals surface area contributed by atoms with Crippen LogP contribution < -0.4 is 5.32 Å². The first kappa shape index (κ1) is 10.2. The quantitative estimate of drug-likeness (QED) is 0.702. The van der Waals surface area contributed by atoms with E-state index in [9.17, 15) is 13.6 Å². The normalized spacial score (nSPS) is 29.6. The van der Waals surface area contributed by atoms with Crippen LogP contribution in [0.25, 0.3) is 0 Å². The molecule has 2 amide bonds. The van der Waals surface area contributed by atoms with Crippen molar-refractivity contribution in [1.29, 1.82) is 0 Å². The molecule has 13 heavy (non-hydrogen) atoms. The third-order valence-electron chi connectivity index (χ3n) is 2.52. The third kappa shape index (κ3) is 1.73. The summed E-state index contributed by atoms with van der Waals surface area (Å²) in [6.07, 6.45) is -0.124. The van der Waals surface area contributed by atoms with Crippen LogP contribution in [0, 0.1) is 5.41 Å². The highest BCUT2D eigenvalue weighted by Crippen LogP contribution is 2.60. The van der Waals surface area contributed by atoms with Crippen LogP contribution in [0.15, 0.2) is 0 Å². The van der Waals surface area contributed by atoms with Crippen molar-refractivity contribution in [2.75, 3.05) is 20.6 Å². The number of halogens is 2. The van der Waals surface area contributed by atoms with Gasteiger partial charge >= 0.3 is 6.03 Å². The second-order valence-electron chi connectivity index (χ2n) is 3.85. The summed E-state index contributed by atoms with van der Waals surface area (Å²) in [5.41, 5.74) is -1.02. The Labute approximate surface area is 76.1 Å². The van der Waals surface area contributed by atoms with Crippen LogP contribution in [0.2, 0.25) is 0 Å². The molecule has 0 aliphatic heterocycles. The van der Waals surface area contributed by atoms with Gasteiger partial charge in [0, 0.05) is 27.1 Å². The molecule has 1 unspecified atom stereocenters. The Morgan fingerprint density at radius 2 is 2.08 bits per heavy atom. The van der Waals surface area contributed by atoms with Crippen molar-refractivity contribution in [3.63, 3.8) is 0 Å². The summed E-state index contributed by atoms with van der Waals surface area (Å²) >= 11 is 0. The molecule has 1 atom stereocenters. The number of rotatable bonds is 2. The molecule has 1 aliphatic rings. The third-order valence-corrected chi connectivity index (χ3v) is 2.52. The molecule has 0 spiro atoms. The molecule has 1 fully saturated rings. The number of nitrogens with zero attached hydrogens (tertiary/aromatic N) is 1. The summed E-state index contributed by atoms with van der Waals surface area (Å²) < 4.78 is 25.5. The lowest BCUT2D eigenvalue weighted by atomic mass is 10.1. The van der Waals surface area contributed by atoms with Gasteiger partial charge in [-0.3, -0.25) is 0 Å². The molecule has 0 saturated heterocycles. The SMILES string of the molecule is CNC(=O)N(C)CC1(C)CC1(F)F. The zero-order valence-corrected chi connectivity index (χ0v) is 8.03. The molecule has 1 saturated carbocycles. The van der Waals surface area contributed by atoms with E-state index in [1.807, 2.05) is 0 Å². The predicted molar refractivity (Wildman–Crippen MR) is 44.8 cm³/mol. The van der Waals surface area contributed by atoms with Gasteiger partial charge in [-0.1, -0.05) is 6.92 Å².